The highest BCUT2D eigenvalue weighted by Gasteiger charge is 2.40. The molecular weight excluding hydrogens is 350 g/mol. The summed E-state index contributed by atoms with van der Waals surface area (Å²) in [5.41, 5.74) is 3.36. The third-order valence-electron chi connectivity index (χ3n) is 6.95. The second kappa shape index (κ2) is 8.37. The van der Waals surface area contributed by atoms with Crippen molar-refractivity contribution in [3.05, 3.63) is 70.7 Å². The first kappa shape index (κ1) is 19.0. The summed E-state index contributed by atoms with van der Waals surface area (Å²) in [5.74, 6) is 1.49. The van der Waals surface area contributed by atoms with Crippen LogP contribution in [0.25, 0.3) is 0 Å². The average molecular weight is 382 g/mol. The highest BCUT2D eigenvalue weighted by molar-refractivity contribution is 6.30. The van der Waals surface area contributed by atoms with E-state index in [2.05, 4.69) is 66.4 Å². The van der Waals surface area contributed by atoms with Crippen LogP contribution < -0.4 is 0 Å². The minimum Gasteiger partial charge on any atom is -0.302 e. The van der Waals surface area contributed by atoms with E-state index in [1.807, 2.05) is 0 Å². The van der Waals surface area contributed by atoms with Gasteiger partial charge >= 0.3 is 0 Å². The zero-order chi connectivity index (χ0) is 18.7. The van der Waals surface area contributed by atoms with Gasteiger partial charge in [0.05, 0.1) is 0 Å². The molecule has 2 heteroatoms. The summed E-state index contributed by atoms with van der Waals surface area (Å²) in [6, 6.07) is 19.7. The van der Waals surface area contributed by atoms with Crippen LogP contribution in [-0.2, 0) is 5.41 Å². The van der Waals surface area contributed by atoms with Gasteiger partial charge < -0.3 is 4.90 Å². The second-order valence-corrected chi connectivity index (χ2v) is 9.37. The Morgan fingerprint density at radius 2 is 1.78 bits per heavy atom. The molecule has 0 amide bonds. The van der Waals surface area contributed by atoms with Gasteiger partial charge in [0.1, 0.15) is 0 Å². The summed E-state index contributed by atoms with van der Waals surface area (Å²) < 4.78 is 0. The van der Waals surface area contributed by atoms with Gasteiger partial charge in [-0.3, -0.25) is 0 Å². The predicted molar refractivity (Wildman–Crippen MR) is 116 cm³/mol. The van der Waals surface area contributed by atoms with Crippen LogP contribution in [0.4, 0.5) is 0 Å². The number of hydrogen-bond acceptors (Lipinski definition) is 1. The van der Waals surface area contributed by atoms with Gasteiger partial charge in [-0.15, -0.1) is 0 Å². The van der Waals surface area contributed by atoms with E-state index in [0.29, 0.717) is 11.3 Å². The topological polar surface area (TPSA) is 3.24 Å². The summed E-state index contributed by atoms with van der Waals surface area (Å²) in [4.78, 5) is 2.76. The number of benzene rings is 2. The first-order chi connectivity index (χ1) is 13.1. The highest BCUT2D eigenvalue weighted by atomic mass is 35.5. The molecule has 2 aliphatic rings. The van der Waals surface area contributed by atoms with Crippen molar-refractivity contribution in [3.8, 4) is 0 Å². The van der Waals surface area contributed by atoms with Crippen molar-refractivity contribution in [2.24, 2.45) is 5.92 Å². The molecule has 4 rings (SSSR count). The number of likely N-dealkylation sites (tertiary alicyclic amines) is 1. The predicted octanol–water partition coefficient (Wildman–Crippen LogP) is 6.67. The Kier molecular flexibility index (Phi) is 5.90. The highest BCUT2D eigenvalue weighted by Crippen LogP contribution is 2.45. The molecule has 1 nitrogen and oxygen atoms in total. The van der Waals surface area contributed by atoms with Crippen LogP contribution >= 0.6 is 11.6 Å². The van der Waals surface area contributed by atoms with Gasteiger partial charge in [-0.2, -0.15) is 0 Å². The van der Waals surface area contributed by atoms with E-state index in [-0.39, 0.29) is 0 Å². The lowest BCUT2D eigenvalue weighted by Gasteiger charge is -2.47. The molecule has 0 radical (unpaired) electrons. The van der Waals surface area contributed by atoms with Gasteiger partial charge in [0.25, 0.3) is 0 Å². The number of piperidine rings is 1. The third kappa shape index (κ3) is 4.41. The fraction of sp³-hybridized carbons (Fsp3) is 0.520. The normalized spacial score (nSPS) is 23.6. The molecule has 1 aliphatic carbocycles. The van der Waals surface area contributed by atoms with E-state index in [0.717, 1.165) is 10.9 Å². The molecule has 0 bridgehead atoms. The molecular formula is C25H32ClN. The lowest BCUT2D eigenvalue weighted by Crippen LogP contribution is -2.48. The molecule has 1 saturated carbocycles. The maximum absolute atomic E-state index is 6.12. The molecule has 2 aromatic rings. The first-order valence-corrected chi connectivity index (χ1v) is 11.1. The molecule has 1 aliphatic heterocycles. The van der Waals surface area contributed by atoms with Crippen molar-refractivity contribution in [2.45, 2.75) is 56.8 Å². The molecule has 2 fully saturated rings. The zero-order valence-corrected chi connectivity index (χ0v) is 17.3. The van der Waals surface area contributed by atoms with Crippen molar-refractivity contribution in [2.75, 3.05) is 19.6 Å². The maximum atomic E-state index is 6.12. The molecule has 2 unspecified atom stereocenters. The smallest absolute Gasteiger partial charge is 0.0406 e. The van der Waals surface area contributed by atoms with Gasteiger partial charge in [0.2, 0.25) is 0 Å². The zero-order valence-electron chi connectivity index (χ0n) is 16.5. The van der Waals surface area contributed by atoms with Crippen molar-refractivity contribution in [1.29, 1.82) is 0 Å². The minimum absolute atomic E-state index is 0.373. The minimum atomic E-state index is 0.373. The van der Waals surface area contributed by atoms with Gasteiger partial charge in [0.15, 0.2) is 0 Å². The number of rotatable bonds is 6. The first-order valence-electron chi connectivity index (χ1n) is 10.7. The van der Waals surface area contributed by atoms with Crippen molar-refractivity contribution >= 4 is 11.6 Å². The number of halogens is 1. The number of nitrogens with zero attached hydrogens (tertiary/aromatic N) is 1. The monoisotopic (exact) mass is 381 g/mol. The summed E-state index contributed by atoms with van der Waals surface area (Å²) in [5, 5.41) is 0.848. The van der Waals surface area contributed by atoms with Gasteiger partial charge in [-0.1, -0.05) is 67.4 Å². The van der Waals surface area contributed by atoms with E-state index in [9.17, 15) is 0 Å². The van der Waals surface area contributed by atoms with Gasteiger partial charge in [-0.05, 0) is 73.7 Å². The van der Waals surface area contributed by atoms with Gasteiger partial charge in [0, 0.05) is 23.5 Å². The van der Waals surface area contributed by atoms with Crippen LogP contribution in [0.2, 0.25) is 5.02 Å². The summed E-state index contributed by atoms with van der Waals surface area (Å²) >= 11 is 6.12. The molecule has 144 valence electrons. The Morgan fingerprint density at radius 1 is 1.04 bits per heavy atom. The molecule has 0 N–H and O–H groups in total. The standard InChI is InChI=1S/C25H32ClN/c1-20(22-8-3-2-4-9-22)17-21-7-5-16-27(18-21)19-25(14-6-15-25)23-10-12-24(26)13-11-23/h2-4,8-13,20-21H,5-7,14-19H2,1H3. The van der Waals surface area contributed by atoms with E-state index in [1.165, 1.54) is 69.3 Å². The fourth-order valence-corrected chi connectivity index (χ4v) is 5.40. The van der Waals surface area contributed by atoms with Crippen LogP contribution in [0.15, 0.2) is 54.6 Å². The molecule has 27 heavy (non-hydrogen) atoms. The largest absolute Gasteiger partial charge is 0.302 e. The van der Waals surface area contributed by atoms with Crippen LogP contribution in [-0.4, -0.2) is 24.5 Å². The van der Waals surface area contributed by atoms with E-state index in [4.69, 9.17) is 11.6 Å². The Hall–Kier alpha value is -1.31. The molecule has 0 aromatic heterocycles. The van der Waals surface area contributed by atoms with Crippen molar-refractivity contribution in [3.63, 3.8) is 0 Å². The lowest BCUT2D eigenvalue weighted by atomic mass is 9.64. The summed E-state index contributed by atoms with van der Waals surface area (Å²) in [6.45, 7) is 6.17. The number of hydrogen-bond donors (Lipinski definition) is 0. The molecule has 0 spiro atoms. The van der Waals surface area contributed by atoms with Crippen LogP contribution in [0, 0.1) is 5.92 Å². The van der Waals surface area contributed by atoms with Gasteiger partial charge in [-0.25, -0.2) is 0 Å². The molecule has 2 atom stereocenters. The summed E-state index contributed by atoms with van der Waals surface area (Å²) in [6.07, 6.45) is 8.08. The Labute approximate surface area is 169 Å². The summed E-state index contributed by atoms with van der Waals surface area (Å²) in [7, 11) is 0. The van der Waals surface area contributed by atoms with Crippen molar-refractivity contribution < 1.29 is 0 Å². The Bertz CT molecular complexity index is 720. The quantitative estimate of drug-likeness (QED) is 0.540. The average Bonchev–Trinajstić information content (AvgIpc) is 2.66. The molecule has 1 heterocycles. The second-order valence-electron chi connectivity index (χ2n) is 8.93. The maximum Gasteiger partial charge on any atom is 0.0406 e. The lowest BCUT2D eigenvalue weighted by molar-refractivity contribution is 0.0951. The van der Waals surface area contributed by atoms with Crippen LogP contribution in [0.1, 0.15) is 62.5 Å². The molecule has 1 saturated heterocycles. The fourth-order valence-electron chi connectivity index (χ4n) is 5.28. The third-order valence-corrected chi connectivity index (χ3v) is 7.20. The Morgan fingerprint density at radius 3 is 2.44 bits per heavy atom. The van der Waals surface area contributed by atoms with Crippen molar-refractivity contribution in [1.82, 2.24) is 4.90 Å². The van der Waals surface area contributed by atoms with E-state index in [1.54, 1.807) is 0 Å². The Balaban J connectivity index is 1.38. The SMILES string of the molecule is CC(CC1CCCN(CC2(c3ccc(Cl)cc3)CCC2)C1)c1ccccc1. The molecule has 2 aromatic carbocycles. The van der Waals surface area contributed by atoms with E-state index < -0.39 is 0 Å². The van der Waals surface area contributed by atoms with E-state index >= 15 is 0 Å². The van der Waals surface area contributed by atoms with Crippen LogP contribution in [0.3, 0.4) is 0 Å². The van der Waals surface area contributed by atoms with Crippen LogP contribution in [0.5, 0.6) is 0 Å².